The summed E-state index contributed by atoms with van der Waals surface area (Å²) < 4.78 is 8.82. The van der Waals surface area contributed by atoms with Gasteiger partial charge in [0.1, 0.15) is 0 Å². The SMILES string of the molecule is COC(=O)C(NC(=O)Nc1ccc(C=NO)cc1)C(=O)OC. The lowest BCUT2D eigenvalue weighted by Gasteiger charge is -2.14. The van der Waals surface area contributed by atoms with E-state index < -0.39 is 24.0 Å². The topological polar surface area (TPSA) is 126 Å². The van der Waals surface area contributed by atoms with Crippen molar-refractivity contribution in [3.05, 3.63) is 29.8 Å². The van der Waals surface area contributed by atoms with Crippen molar-refractivity contribution in [3.63, 3.8) is 0 Å². The van der Waals surface area contributed by atoms with E-state index >= 15 is 0 Å². The van der Waals surface area contributed by atoms with Crippen molar-refractivity contribution in [1.29, 1.82) is 0 Å². The van der Waals surface area contributed by atoms with E-state index in [1.165, 1.54) is 6.21 Å². The number of hydrogen-bond acceptors (Lipinski definition) is 7. The maximum Gasteiger partial charge on any atom is 0.340 e. The number of anilines is 1. The van der Waals surface area contributed by atoms with Crippen molar-refractivity contribution < 1.29 is 29.1 Å². The van der Waals surface area contributed by atoms with Gasteiger partial charge in [-0.3, -0.25) is 0 Å². The highest BCUT2D eigenvalue weighted by molar-refractivity contribution is 6.04. The molecule has 0 aliphatic rings. The monoisotopic (exact) mass is 309 g/mol. The number of nitrogens with zero attached hydrogens (tertiary/aromatic N) is 1. The molecule has 118 valence electrons. The molecule has 0 aromatic heterocycles. The number of carbonyl (C=O) groups is 3. The highest BCUT2D eigenvalue weighted by atomic mass is 16.5. The second-order valence-corrected chi connectivity index (χ2v) is 3.94. The molecule has 0 aliphatic carbocycles. The minimum Gasteiger partial charge on any atom is -0.467 e. The van der Waals surface area contributed by atoms with Crippen LogP contribution in [0.3, 0.4) is 0 Å². The van der Waals surface area contributed by atoms with Crippen LogP contribution in [0.2, 0.25) is 0 Å². The molecule has 0 radical (unpaired) electrons. The Morgan fingerprint density at radius 3 is 2.14 bits per heavy atom. The normalized spacial score (nSPS) is 10.3. The average molecular weight is 309 g/mol. The Labute approximate surface area is 125 Å². The Hall–Kier alpha value is -3.10. The first kappa shape index (κ1) is 17.0. The number of benzene rings is 1. The number of carbonyl (C=O) groups excluding carboxylic acids is 3. The highest BCUT2D eigenvalue weighted by Gasteiger charge is 2.30. The molecule has 0 fully saturated rings. The van der Waals surface area contributed by atoms with E-state index in [9.17, 15) is 14.4 Å². The number of ether oxygens (including phenoxy) is 2. The summed E-state index contributed by atoms with van der Waals surface area (Å²) in [5.41, 5.74) is 1.02. The van der Waals surface area contributed by atoms with Crippen molar-refractivity contribution >= 4 is 29.9 Å². The maximum absolute atomic E-state index is 11.8. The van der Waals surface area contributed by atoms with Crippen LogP contribution in [-0.4, -0.2) is 49.7 Å². The number of oxime groups is 1. The quantitative estimate of drug-likeness (QED) is 0.236. The van der Waals surface area contributed by atoms with Crippen LogP contribution in [0, 0.1) is 0 Å². The lowest BCUT2D eigenvalue weighted by atomic mass is 10.2. The van der Waals surface area contributed by atoms with Crippen LogP contribution in [0.4, 0.5) is 10.5 Å². The summed E-state index contributed by atoms with van der Waals surface area (Å²) in [4.78, 5) is 34.6. The average Bonchev–Trinajstić information content (AvgIpc) is 2.53. The van der Waals surface area contributed by atoms with Gasteiger partial charge in [0.2, 0.25) is 6.04 Å². The van der Waals surface area contributed by atoms with E-state index in [4.69, 9.17) is 5.21 Å². The third-order valence-corrected chi connectivity index (χ3v) is 2.52. The molecule has 0 bridgehead atoms. The molecule has 0 atom stereocenters. The fourth-order valence-electron chi connectivity index (χ4n) is 1.47. The van der Waals surface area contributed by atoms with Crippen molar-refractivity contribution in [2.45, 2.75) is 6.04 Å². The zero-order valence-corrected chi connectivity index (χ0v) is 11.9. The Bertz CT molecular complexity index is 554. The Morgan fingerprint density at radius 2 is 1.68 bits per heavy atom. The number of esters is 2. The number of nitrogens with one attached hydrogen (secondary N) is 2. The van der Waals surface area contributed by atoms with Crippen LogP contribution in [-0.2, 0) is 19.1 Å². The predicted octanol–water partition coefficient (Wildman–Crippen LogP) is 0.331. The molecule has 0 unspecified atom stereocenters. The molecule has 9 heteroatoms. The van der Waals surface area contributed by atoms with Gasteiger partial charge in [-0.1, -0.05) is 17.3 Å². The summed E-state index contributed by atoms with van der Waals surface area (Å²) >= 11 is 0. The van der Waals surface area contributed by atoms with Crippen LogP contribution >= 0.6 is 0 Å². The van der Waals surface area contributed by atoms with Crippen molar-refractivity contribution in [2.24, 2.45) is 5.16 Å². The van der Waals surface area contributed by atoms with Gasteiger partial charge < -0.3 is 25.3 Å². The van der Waals surface area contributed by atoms with E-state index in [0.717, 1.165) is 14.2 Å². The third-order valence-electron chi connectivity index (χ3n) is 2.52. The molecule has 1 aromatic carbocycles. The van der Waals surface area contributed by atoms with Gasteiger partial charge in [-0.05, 0) is 17.7 Å². The molecule has 1 aromatic rings. The zero-order valence-electron chi connectivity index (χ0n) is 11.9. The van der Waals surface area contributed by atoms with Crippen LogP contribution in [0.15, 0.2) is 29.4 Å². The second kappa shape index (κ2) is 8.25. The van der Waals surface area contributed by atoms with Gasteiger partial charge in [-0.2, -0.15) is 0 Å². The first-order valence-corrected chi connectivity index (χ1v) is 6.02. The largest absolute Gasteiger partial charge is 0.467 e. The predicted molar refractivity (Wildman–Crippen MR) is 75.8 cm³/mol. The van der Waals surface area contributed by atoms with Crippen LogP contribution in [0.25, 0.3) is 0 Å². The smallest absolute Gasteiger partial charge is 0.340 e. The molecule has 0 heterocycles. The lowest BCUT2D eigenvalue weighted by molar-refractivity contribution is -0.154. The summed E-state index contributed by atoms with van der Waals surface area (Å²) in [6, 6.07) is 3.92. The van der Waals surface area contributed by atoms with Crippen molar-refractivity contribution in [2.75, 3.05) is 19.5 Å². The van der Waals surface area contributed by atoms with Gasteiger partial charge in [0.15, 0.2) is 0 Å². The fraction of sp³-hybridized carbons (Fsp3) is 0.231. The first-order valence-electron chi connectivity index (χ1n) is 6.02. The molecular formula is C13H15N3O6. The van der Waals surface area contributed by atoms with Crippen LogP contribution in [0.1, 0.15) is 5.56 Å². The molecule has 2 amide bonds. The van der Waals surface area contributed by atoms with E-state index in [1.807, 2.05) is 0 Å². The molecular weight excluding hydrogens is 294 g/mol. The number of rotatable bonds is 5. The second-order valence-electron chi connectivity index (χ2n) is 3.94. The van der Waals surface area contributed by atoms with Gasteiger partial charge >= 0.3 is 18.0 Å². The molecule has 9 nitrogen and oxygen atoms in total. The molecule has 1 rings (SSSR count). The zero-order chi connectivity index (χ0) is 16.5. The van der Waals surface area contributed by atoms with E-state index in [2.05, 4.69) is 25.3 Å². The van der Waals surface area contributed by atoms with Crippen LogP contribution in [0.5, 0.6) is 0 Å². The number of hydrogen-bond donors (Lipinski definition) is 3. The molecule has 0 saturated carbocycles. The van der Waals surface area contributed by atoms with Gasteiger partial charge in [-0.25, -0.2) is 14.4 Å². The van der Waals surface area contributed by atoms with E-state index in [0.29, 0.717) is 11.3 Å². The third kappa shape index (κ3) is 4.78. The molecule has 0 spiro atoms. The summed E-state index contributed by atoms with van der Waals surface area (Å²) in [6.07, 6.45) is 1.22. The minimum atomic E-state index is -1.56. The number of amides is 2. The Balaban J connectivity index is 2.70. The van der Waals surface area contributed by atoms with Gasteiger partial charge in [0.25, 0.3) is 0 Å². The summed E-state index contributed by atoms with van der Waals surface area (Å²) in [7, 11) is 2.17. The summed E-state index contributed by atoms with van der Waals surface area (Å²) in [5, 5.41) is 15.8. The summed E-state index contributed by atoms with van der Waals surface area (Å²) in [5.74, 6) is -1.90. The summed E-state index contributed by atoms with van der Waals surface area (Å²) in [6.45, 7) is 0. The highest BCUT2D eigenvalue weighted by Crippen LogP contribution is 2.08. The van der Waals surface area contributed by atoms with Crippen molar-refractivity contribution in [3.8, 4) is 0 Å². The Morgan fingerprint density at radius 1 is 1.14 bits per heavy atom. The number of urea groups is 1. The van der Waals surface area contributed by atoms with Gasteiger partial charge in [-0.15, -0.1) is 0 Å². The van der Waals surface area contributed by atoms with Crippen molar-refractivity contribution in [1.82, 2.24) is 5.32 Å². The number of methoxy groups -OCH3 is 2. The van der Waals surface area contributed by atoms with E-state index in [-0.39, 0.29) is 0 Å². The molecule has 22 heavy (non-hydrogen) atoms. The standard InChI is InChI=1S/C13H15N3O6/c1-21-11(17)10(12(18)22-2)16-13(19)15-9-5-3-8(4-6-9)7-14-20/h3-7,10,20H,1-2H3,(H2,15,16,19). The molecule has 0 aliphatic heterocycles. The molecule has 0 saturated heterocycles. The van der Waals surface area contributed by atoms with E-state index in [1.54, 1.807) is 24.3 Å². The first-order chi connectivity index (χ1) is 10.5. The maximum atomic E-state index is 11.8. The van der Waals surface area contributed by atoms with Gasteiger partial charge in [0.05, 0.1) is 20.4 Å². The lowest BCUT2D eigenvalue weighted by Crippen LogP contribution is -2.49. The van der Waals surface area contributed by atoms with Crippen LogP contribution < -0.4 is 10.6 Å². The van der Waals surface area contributed by atoms with Gasteiger partial charge in [0, 0.05) is 5.69 Å². The molecule has 3 N–H and O–H groups in total. The fourth-order valence-corrected chi connectivity index (χ4v) is 1.47. The minimum absolute atomic E-state index is 0.404. The Kier molecular flexibility index (Phi) is 6.35.